The molecular weight excluding hydrogens is 450 g/mol. The SMILES string of the molecule is O=C(N/N=C\c1ccc(N2CCCC2)cc1)c1cc(Br)cc(Br)c1O. The molecule has 0 aromatic heterocycles. The summed E-state index contributed by atoms with van der Waals surface area (Å²) in [6.45, 7) is 2.21. The van der Waals surface area contributed by atoms with Crippen LogP contribution in [0, 0.1) is 0 Å². The largest absolute Gasteiger partial charge is 0.506 e. The summed E-state index contributed by atoms with van der Waals surface area (Å²) < 4.78 is 1.12. The molecule has 0 spiro atoms. The van der Waals surface area contributed by atoms with E-state index in [0.29, 0.717) is 8.95 Å². The molecule has 0 unspecified atom stereocenters. The average molecular weight is 467 g/mol. The third kappa shape index (κ3) is 4.41. The van der Waals surface area contributed by atoms with Gasteiger partial charge in [-0.15, -0.1) is 0 Å². The maximum Gasteiger partial charge on any atom is 0.275 e. The predicted octanol–water partition coefficient (Wildman–Crippen LogP) is 4.28. The lowest BCUT2D eigenvalue weighted by Crippen LogP contribution is -2.18. The van der Waals surface area contributed by atoms with E-state index in [2.05, 4.69) is 59.4 Å². The Kier molecular flexibility index (Phi) is 5.75. The van der Waals surface area contributed by atoms with Crippen molar-refractivity contribution in [3.63, 3.8) is 0 Å². The highest BCUT2D eigenvalue weighted by Gasteiger charge is 2.14. The summed E-state index contributed by atoms with van der Waals surface area (Å²) in [6.07, 6.45) is 4.07. The molecule has 1 aliphatic rings. The molecule has 0 bridgehead atoms. The van der Waals surface area contributed by atoms with Crippen molar-refractivity contribution in [2.24, 2.45) is 5.10 Å². The van der Waals surface area contributed by atoms with Gasteiger partial charge in [0, 0.05) is 23.2 Å². The van der Waals surface area contributed by atoms with Gasteiger partial charge in [-0.1, -0.05) is 28.1 Å². The highest BCUT2D eigenvalue weighted by molar-refractivity contribution is 9.11. The average Bonchev–Trinajstić information content (AvgIpc) is 3.13. The van der Waals surface area contributed by atoms with Crippen LogP contribution in [0.2, 0.25) is 0 Å². The Morgan fingerprint density at radius 1 is 1.16 bits per heavy atom. The molecule has 25 heavy (non-hydrogen) atoms. The Labute approximate surface area is 163 Å². The Bertz CT molecular complexity index is 801. The zero-order valence-corrected chi connectivity index (χ0v) is 16.5. The number of carbonyl (C=O) groups is 1. The molecule has 5 nitrogen and oxygen atoms in total. The Morgan fingerprint density at radius 2 is 1.84 bits per heavy atom. The number of hydrazone groups is 1. The highest BCUT2D eigenvalue weighted by Crippen LogP contribution is 2.31. The van der Waals surface area contributed by atoms with Crippen molar-refractivity contribution < 1.29 is 9.90 Å². The van der Waals surface area contributed by atoms with Crippen LogP contribution >= 0.6 is 31.9 Å². The van der Waals surface area contributed by atoms with Crippen molar-refractivity contribution in [2.75, 3.05) is 18.0 Å². The summed E-state index contributed by atoms with van der Waals surface area (Å²) in [7, 11) is 0. The van der Waals surface area contributed by atoms with Gasteiger partial charge in [-0.3, -0.25) is 4.79 Å². The number of carbonyl (C=O) groups excluding carboxylic acids is 1. The molecule has 1 saturated heterocycles. The van der Waals surface area contributed by atoms with Crippen LogP contribution in [0.1, 0.15) is 28.8 Å². The predicted molar refractivity (Wildman–Crippen MR) is 106 cm³/mol. The van der Waals surface area contributed by atoms with Crippen molar-refractivity contribution in [1.82, 2.24) is 5.43 Å². The number of benzene rings is 2. The van der Waals surface area contributed by atoms with Gasteiger partial charge in [-0.2, -0.15) is 5.10 Å². The molecule has 0 radical (unpaired) electrons. The third-order valence-electron chi connectivity index (χ3n) is 4.02. The molecule has 1 aliphatic heterocycles. The van der Waals surface area contributed by atoms with Crippen LogP contribution in [0.5, 0.6) is 5.75 Å². The standard InChI is InChI=1S/C18H17Br2N3O2/c19-13-9-15(17(24)16(20)10-13)18(25)22-21-11-12-3-5-14(6-4-12)23-7-1-2-8-23/h3-6,9-11,24H,1-2,7-8H2,(H,22,25)/b21-11-. The fourth-order valence-corrected chi connectivity index (χ4v) is 3.94. The van der Waals surface area contributed by atoms with Crippen molar-refractivity contribution in [1.29, 1.82) is 0 Å². The second kappa shape index (κ2) is 8.01. The van der Waals surface area contributed by atoms with E-state index < -0.39 is 5.91 Å². The quantitative estimate of drug-likeness (QED) is 0.522. The van der Waals surface area contributed by atoms with E-state index in [1.165, 1.54) is 24.6 Å². The van der Waals surface area contributed by atoms with Crippen LogP contribution in [-0.4, -0.2) is 30.3 Å². The molecule has 2 N–H and O–H groups in total. The van der Waals surface area contributed by atoms with Crippen LogP contribution in [-0.2, 0) is 0 Å². The van der Waals surface area contributed by atoms with Crippen molar-refractivity contribution in [3.05, 3.63) is 56.5 Å². The zero-order chi connectivity index (χ0) is 17.8. The Hall–Kier alpha value is -1.86. The molecule has 130 valence electrons. The third-order valence-corrected chi connectivity index (χ3v) is 5.08. The van der Waals surface area contributed by atoms with Gasteiger partial charge in [-0.25, -0.2) is 5.43 Å². The van der Waals surface area contributed by atoms with Crippen LogP contribution < -0.4 is 10.3 Å². The number of amides is 1. The van der Waals surface area contributed by atoms with Gasteiger partial charge < -0.3 is 10.0 Å². The number of nitrogens with one attached hydrogen (secondary N) is 1. The number of nitrogens with zero attached hydrogens (tertiary/aromatic N) is 2. The summed E-state index contributed by atoms with van der Waals surface area (Å²) in [5, 5.41) is 13.9. The summed E-state index contributed by atoms with van der Waals surface area (Å²) in [5.41, 5.74) is 4.67. The van der Waals surface area contributed by atoms with Crippen molar-refractivity contribution in [2.45, 2.75) is 12.8 Å². The Morgan fingerprint density at radius 3 is 2.52 bits per heavy atom. The van der Waals surface area contributed by atoms with Crippen LogP contribution in [0.3, 0.4) is 0 Å². The molecule has 0 atom stereocenters. The van der Waals surface area contributed by atoms with Gasteiger partial charge in [-0.05, 0) is 58.6 Å². The molecule has 1 fully saturated rings. The van der Waals surface area contributed by atoms with Gasteiger partial charge in [0.25, 0.3) is 5.91 Å². The number of hydrogen-bond acceptors (Lipinski definition) is 4. The first-order valence-electron chi connectivity index (χ1n) is 7.91. The van der Waals surface area contributed by atoms with E-state index in [9.17, 15) is 9.90 Å². The minimum absolute atomic E-state index is 0.120. The summed E-state index contributed by atoms with van der Waals surface area (Å²) >= 11 is 6.49. The molecule has 7 heteroatoms. The van der Waals surface area contributed by atoms with Crippen LogP contribution in [0.25, 0.3) is 0 Å². The van der Waals surface area contributed by atoms with Gasteiger partial charge in [0.2, 0.25) is 0 Å². The normalized spacial score (nSPS) is 14.2. The molecule has 0 aliphatic carbocycles. The minimum atomic E-state index is -0.482. The highest BCUT2D eigenvalue weighted by atomic mass is 79.9. The van der Waals surface area contributed by atoms with Crippen molar-refractivity contribution >= 4 is 49.7 Å². The molecule has 0 saturated carbocycles. The number of phenols is 1. The molecule has 1 amide bonds. The number of rotatable bonds is 4. The van der Waals surface area contributed by atoms with E-state index in [-0.39, 0.29) is 11.3 Å². The van der Waals surface area contributed by atoms with E-state index >= 15 is 0 Å². The monoisotopic (exact) mass is 465 g/mol. The molecule has 3 rings (SSSR count). The number of phenolic OH excluding ortho intramolecular Hbond substituents is 1. The first kappa shape index (κ1) is 17.9. The van der Waals surface area contributed by atoms with Crippen LogP contribution in [0.15, 0.2) is 50.4 Å². The van der Waals surface area contributed by atoms with Crippen molar-refractivity contribution in [3.8, 4) is 5.75 Å². The maximum absolute atomic E-state index is 12.2. The number of aromatic hydroxyl groups is 1. The van der Waals surface area contributed by atoms with Gasteiger partial charge in [0.15, 0.2) is 0 Å². The molecule has 2 aromatic carbocycles. The van der Waals surface area contributed by atoms with E-state index in [0.717, 1.165) is 18.7 Å². The van der Waals surface area contributed by atoms with Gasteiger partial charge in [0.1, 0.15) is 5.75 Å². The smallest absolute Gasteiger partial charge is 0.275 e. The number of halogens is 2. The molecule has 2 aromatic rings. The Balaban J connectivity index is 1.64. The van der Waals surface area contributed by atoms with Gasteiger partial charge in [0.05, 0.1) is 16.3 Å². The first-order valence-corrected chi connectivity index (χ1v) is 9.49. The maximum atomic E-state index is 12.2. The lowest BCUT2D eigenvalue weighted by Gasteiger charge is -2.17. The lowest BCUT2D eigenvalue weighted by molar-refractivity contribution is 0.0952. The second-order valence-corrected chi connectivity index (χ2v) is 7.54. The zero-order valence-electron chi connectivity index (χ0n) is 13.4. The lowest BCUT2D eigenvalue weighted by atomic mass is 10.2. The minimum Gasteiger partial charge on any atom is -0.506 e. The van der Waals surface area contributed by atoms with Crippen LogP contribution in [0.4, 0.5) is 5.69 Å². The fourth-order valence-electron chi connectivity index (χ4n) is 2.71. The number of anilines is 1. The molecular formula is C18H17Br2N3O2. The van der Waals surface area contributed by atoms with E-state index in [1.54, 1.807) is 12.3 Å². The topological polar surface area (TPSA) is 64.9 Å². The summed E-state index contributed by atoms with van der Waals surface area (Å²) in [5.74, 6) is -0.602. The van der Waals surface area contributed by atoms with E-state index in [4.69, 9.17) is 0 Å². The first-order chi connectivity index (χ1) is 12.0. The fraction of sp³-hybridized carbons (Fsp3) is 0.222. The summed E-state index contributed by atoms with van der Waals surface area (Å²) in [6, 6.07) is 11.3. The van der Waals surface area contributed by atoms with E-state index in [1.807, 2.05) is 12.1 Å². The van der Waals surface area contributed by atoms with Gasteiger partial charge >= 0.3 is 0 Å². The molecule has 1 heterocycles. The second-order valence-electron chi connectivity index (χ2n) is 5.77. The number of hydrogen-bond donors (Lipinski definition) is 2. The summed E-state index contributed by atoms with van der Waals surface area (Å²) in [4.78, 5) is 14.5.